The Morgan fingerprint density at radius 2 is 2.17 bits per heavy atom. The molecule has 0 aliphatic carbocycles. The van der Waals surface area contributed by atoms with Crippen LogP contribution < -0.4 is 4.90 Å². The fourth-order valence-electron chi connectivity index (χ4n) is 1.73. The summed E-state index contributed by atoms with van der Waals surface area (Å²) in [5.74, 6) is -1.25. The highest BCUT2D eigenvalue weighted by Gasteiger charge is 2.21. The van der Waals surface area contributed by atoms with E-state index in [0.29, 0.717) is 18.7 Å². The standard InChI is InChI=1S/C13H18N2O2S/c1-5-15(7-8(2)13(16)17)12-11(6-14)9(3)10(4)18-12/h8H,5,7H2,1-4H3,(H,16,17). The topological polar surface area (TPSA) is 64.3 Å². The molecule has 1 unspecified atom stereocenters. The van der Waals surface area contributed by atoms with Gasteiger partial charge in [-0.1, -0.05) is 6.92 Å². The van der Waals surface area contributed by atoms with E-state index in [9.17, 15) is 10.1 Å². The molecule has 1 atom stereocenters. The zero-order valence-electron chi connectivity index (χ0n) is 11.1. The average molecular weight is 266 g/mol. The van der Waals surface area contributed by atoms with Crippen molar-refractivity contribution in [2.24, 2.45) is 5.92 Å². The fraction of sp³-hybridized carbons (Fsp3) is 0.538. The number of nitrogens with zero attached hydrogens (tertiary/aromatic N) is 2. The summed E-state index contributed by atoms with van der Waals surface area (Å²) in [6, 6.07) is 2.22. The third-order valence-electron chi connectivity index (χ3n) is 3.06. The quantitative estimate of drug-likeness (QED) is 0.890. The van der Waals surface area contributed by atoms with Crippen molar-refractivity contribution in [3.63, 3.8) is 0 Å². The van der Waals surface area contributed by atoms with Crippen molar-refractivity contribution in [3.05, 3.63) is 16.0 Å². The van der Waals surface area contributed by atoms with Crippen LogP contribution in [0.15, 0.2) is 0 Å². The first-order valence-corrected chi connectivity index (χ1v) is 6.71. The number of anilines is 1. The summed E-state index contributed by atoms with van der Waals surface area (Å²) in [4.78, 5) is 14.0. The maximum absolute atomic E-state index is 10.9. The second-order valence-electron chi connectivity index (χ2n) is 4.35. The molecule has 4 nitrogen and oxygen atoms in total. The summed E-state index contributed by atoms with van der Waals surface area (Å²) in [6.45, 7) is 8.71. The summed E-state index contributed by atoms with van der Waals surface area (Å²) in [6.07, 6.45) is 0. The van der Waals surface area contributed by atoms with E-state index in [0.717, 1.165) is 15.4 Å². The molecular weight excluding hydrogens is 248 g/mol. The van der Waals surface area contributed by atoms with Gasteiger partial charge < -0.3 is 10.0 Å². The molecule has 1 heterocycles. The number of hydrogen-bond donors (Lipinski definition) is 1. The van der Waals surface area contributed by atoms with Gasteiger partial charge in [0, 0.05) is 18.0 Å². The minimum Gasteiger partial charge on any atom is -0.481 e. The molecular formula is C13H18N2O2S. The lowest BCUT2D eigenvalue weighted by molar-refractivity contribution is -0.140. The summed E-state index contributed by atoms with van der Waals surface area (Å²) in [7, 11) is 0. The first-order chi connectivity index (χ1) is 8.42. The zero-order chi connectivity index (χ0) is 13.9. The Kier molecular flexibility index (Phi) is 4.74. The van der Waals surface area contributed by atoms with E-state index in [1.165, 1.54) is 0 Å². The number of aryl methyl sites for hydroxylation is 1. The van der Waals surface area contributed by atoms with Crippen molar-refractivity contribution in [3.8, 4) is 6.07 Å². The van der Waals surface area contributed by atoms with E-state index in [4.69, 9.17) is 5.11 Å². The lowest BCUT2D eigenvalue weighted by atomic mass is 10.1. The number of nitriles is 1. The molecule has 0 aliphatic rings. The predicted molar refractivity (Wildman–Crippen MR) is 73.2 cm³/mol. The van der Waals surface area contributed by atoms with Gasteiger partial charge in [0.05, 0.1) is 11.5 Å². The van der Waals surface area contributed by atoms with Crippen molar-refractivity contribution < 1.29 is 9.90 Å². The number of carboxylic acids is 1. The van der Waals surface area contributed by atoms with Gasteiger partial charge in [-0.15, -0.1) is 11.3 Å². The molecule has 0 fully saturated rings. The second-order valence-corrected chi connectivity index (χ2v) is 5.56. The molecule has 1 aromatic heterocycles. The predicted octanol–water partition coefficient (Wildman–Crippen LogP) is 2.78. The minimum atomic E-state index is -0.808. The number of carboxylic acid groups (broad SMARTS) is 1. The minimum absolute atomic E-state index is 0.430. The van der Waals surface area contributed by atoms with E-state index in [1.54, 1.807) is 18.3 Å². The van der Waals surface area contributed by atoms with E-state index < -0.39 is 11.9 Å². The highest BCUT2D eigenvalue weighted by atomic mass is 32.1. The average Bonchev–Trinajstić information content (AvgIpc) is 2.61. The molecule has 0 bridgehead atoms. The van der Waals surface area contributed by atoms with Crippen molar-refractivity contribution in [2.45, 2.75) is 27.7 Å². The molecule has 1 N–H and O–H groups in total. The Balaban J connectivity index is 3.07. The molecule has 0 aliphatic heterocycles. The van der Waals surface area contributed by atoms with Gasteiger partial charge in [0.25, 0.3) is 0 Å². The van der Waals surface area contributed by atoms with Gasteiger partial charge in [-0.05, 0) is 26.3 Å². The van der Waals surface area contributed by atoms with Crippen LogP contribution >= 0.6 is 11.3 Å². The van der Waals surface area contributed by atoms with Crippen LogP contribution in [0.4, 0.5) is 5.00 Å². The number of hydrogen-bond acceptors (Lipinski definition) is 4. The van der Waals surface area contributed by atoms with E-state index >= 15 is 0 Å². The molecule has 0 saturated carbocycles. The van der Waals surface area contributed by atoms with Crippen LogP contribution in [-0.4, -0.2) is 24.2 Å². The van der Waals surface area contributed by atoms with Gasteiger partial charge in [0.2, 0.25) is 0 Å². The zero-order valence-corrected chi connectivity index (χ0v) is 12.0. The molecule has 18 heavy (non-hydrogen) atoms. The fourth-order valence-corrected chi connectivity index (χ4v) is 2.91. The maximum Gasteiger partial charge on any atom is 0.308 e. The Morgan fingerprint density at radius 1 is 1.56 bits per heavy atom. The molecule has 1 aromatic rings. The van der Waals surface area contributed by atoms with Crippen LogP contribution in [0.25, 0.3) is 0 Å². The van der Waals surface area contributed by atoms with Crippen molar-refractivity contribution >= 4 is 22.3 Å². The van der Waals surface area contributed by atoms with Crippen molar-refractivity contribution in [1.29, 1.82) is 5.26 Å². The van der Waals surface area contributed by atoms with Gasteiger partial charge in [-0.3, -0.25) is 4.79 Å². The summed E-state index contributed by atoms with van der Waals surface area (Å²) >= 11 is 1.56. The summed E-state index contributed by atoms with van der Waals surface area (Å²) in [5.41, 5.74) is 1.68. The molecule has 0 amide bonds. The highest BCUT2D eigenvalue weighted by Crippen LogP contribution is 2.35. The monoisotopic (exact) mass is 266 g/mol. The van der Waals surface area contributed by atoms with Crippen LogP contribution in [0.3, 0.4) is 0 Å². The van der Waals surface area contributed by atoms with Crippen molar-refractivity contribution in [1.82, 2.24) is 0 Å². The Hall–Kier alpha value is -1.54. The van der Waals surface area contributed by atoms with Gasteiger partial charge in [0.1, 0.15) is 11.1 Å². The third-order valence-corrected chi connectivity index (χ3v) is 4.33. The second kappa shape index (κ2) is 5.87. The summed E-state index contributed by atoms with van der Waals surface area (Å²) in [5, 5.41) is 19.1. The lowest BCUT2D eigenvalue weighted by Gasteiger charge is -2.23. The Bertz CT molecular complexity index is 488. The third kappa shape index (κ3) is 2.82. The maximum atomic E-state index is 10.9. The van der Waals surface area contributed by atoms with Crippen molar-refractivity contribution in [2.75, 3.05) is 18.0 Å². The number of thiophene rings is 1. The van der Waals surface area contributed by atoms with Gasteiger partial charge in [-0.25, -0.2) is 0 Å². The van der Waals surface area contributed by atoms with Crippen LogP contribution in [-0.2, 0) is 4.79 Å². The lowest BCUT2D eigenvalue weighted by Crippen LogP contribution is -2.31. The number of rotatable bonds is 5. The smallest absolute Gasteiger partial charge is 0.308 e. The van der Waals surface area contributed by atoms with Gasteiger partial charge >= 0.3 is 5.97 Å². The number of carbonyl (C=O) groups is 1. The first kappa shape index (κ1) is 14.5. The van der Waals surface area contributed by atoms with Crippen LogP contribution in [0.1, 0.15) is 29.9 Å². The SMILES string of the molecule is CCN(CC(C)C(=O)O)c1sc(C)c(C)c1C#N. The van der Waals surface area contributed by atoms with E-state index in [1.807, 2.05) is 25.7 Å². The molecule has 5 heteroatoms. The molecule has 0 radical (unpaired) electrons. The molecule has 0 aromatic carbocycles. The van der Waals surface area contributed by atoms with Crippen LogP contribution in [0, 0.1) is 31.1 Å². The van der Waals surface area contributed by atoms with E-state index in [-0.39, 0.29) is 0 Å². The Labute approximate surface area is 111 Å². The van der Waals surface area contributed by atoms with Crippen LogP contribution in [0.5, 0.6) is 0 Å². The molecule has 98 valence electrons. The van der Waals surface area contributed by atoms with Crippen LogP contribution in [0.2, 0.25) is 0 Å². The van der Waals surface area contributed by atoms with E-state index in [2.05, 4.69) is 6.07 Å². The number of aliphatic carboxylic acids is 1. The molecule has 1 rings (SSSR count). The summed E-state index contributed by atoms with van der Waals surface area (Å²) < 4.78 is 0. The molecule has 0 saturated heterocycles. The first-order valence-electron chi connectivity index (χ1n) is 5.90. The normalized spacial score (nSPS) is 11.9. The molecule has 0 spiro atoms. The van der Waals surface area contributed by atoms with Gasteiger partial charge in [-0.2, -0.15) is 5.26 Å². The Morgan fingerprint density at radius 3 is 2.61 bits per heavy atom. The highest BCUT2D eigenvalue weighted by molar-refractivity contribution is 7.16. The largest absolute Gasteiger partial charge is 0.481 e. The van der Waals surface area contributed by atoms with Gasteiger partial charge in [0.15, 0.2) is 0 Å².